The van der Waals surface area contributed by atoms with Crippen LogP contribution in [0.1, 0.15) is 51.3 Å². The number of anilines is 2. The van der Waals surface area contributed by atoms with Crippen LogP contribution in [0.4, 0.5) is 20.5 Å². The van der Waals surface area contributed by atoms with Crippen molar-refractivity contribution >= 4 is 22.8 Å². The lowest BCUT2D eigenvalue weighted by Gasteiger charge is -2.34. The van der Waals surface area contributed by atoms with E-state index in [1.54, 1.807) is 24.3 Å². The highest BCUT2D eigenvalue weighted by molar-refractivity contribution is 5.78. The monoisotopic (exact) mass is 456 g/mol. The van der Waals surface area contributed by atoms with E-state index in [1.807, 2.05) is 6.07 Å². The van der Waals surface area contributed by atoms with E-state index in [4.69, 9.17) is 9.72 Å². The summed E-state index contributed by atoms with van der Waals surface area (Å²) in [6.45, 7) is 4.75. The van der Waals surface area contributed by atoms with Crippen LogP contribution < -0.4 is 10.2 Å². The second-order valence-electron chi connectivity index (χ2n) is 9.01. The first kappa shape index (κ1) is 22.0. The summed E-state index contributed by atoms with van der Waals surface area (Å²) in [6, 6.07) is 9.07. The smallest absolute Gasteiger partial charge is 0.296 e. The van der Waals surface area contributed by atoms with Crippen molar-refractivity contribution in [2.24, 2.45) is 5.92 Å². The van der Waals surface area contributed by atoms with Gasteiger partial charge in [0.2, 0.25) is 5.95 Å². The van der Waals surface area contributed by atoms with Crippen molar-refractivity contribution in [3.63, 3.8) is 0 Å². The third-order valence-corrected chi connectivity index (χ3v) is 6.65. The molecule has 2 aliphatic rings. The molecule has 1 saturated carbocycles. The van der Waals surface area contributed by atoms with E-state index in [0.29, 0.717) is 54.3 Å². The van der Waals surface area contributed by atoms with E-state index in [0.717, 1.165) is 6.54 Å². The van der Waals surface area contributed by atoms with E-state index in [9.17, 15) is 8.78 Å². The summed E-state index contributed by atoms with van der Waals surface area (Å²) in [5, 5.41) is 3.41. The molecule has 1 aromatic carbocycles. The largest absolute Gasteiger partial charge is 0.377 e. The molecule has 1 aliphatic heterocycles. The van der Waals surface area contributed by atoms with Crippen LogP contribution in [-0.2, 0) is 4.74 Å². The summed E-state index contributed by atoms with van der Waals surface area (Å²) in [6.07, 6.45) is 3.47. The van der Waals surface area contributed by atoms with Crippen LogP contribution in [0.15, 0.2) is 30.3 Å². The maximum atomic E-state index is 14.0. The van der Waals surface area contributed by atoms with Gasteiger partial charge in [0.25, 0.3) is 6.43 Å². The van der Waals surface area contributed by atoms with Crippen molar-refractivity contribution in [2.45, 2.75) is 51.5 Å². The maximum absolute atomic E-state index is 14.0. The van der Waals surface area contributed by atoms with E-state index >= 15 is 0 Å². The molecule has 1 N–H and O–H groups in total. The topological polar surface area (TPSA) is 68.1 Å². The van der Waals surface area contributed by atoms with Gasteiger partial charge < -0.3 is 15.0 Å². The normalized spacial score (nSPS) is 20.0. The van der Waals surface area contributed by atoms with Crippen molar-refractivity contribution in [3.05, 3.63) is 36.2 Å². The van der Waals surface area contributed by atoms with Gasteiger partial charge >= 0.3 is 0 Å². The predicted molar refractivity (Wildman–Crippen MR) is 124 cm³/mol. The molecule has 33 heavy (non-hydrogen) atoms. The predicted octanol–water partition coefficient (Wildman–Crippen LogP) is 4.97. The number of para-hydroxylation sites is 2. The lowest BCUT2D eigenvalue weighted by atomic mass is 9.89. The van der Waals surface area contributed by atoms with Gasteiger partial charge in [0.1, 0.15) is 11.6 Å². The van der Waals surface area contributed by atoms with Crippen molar-refractivity contribution < 1.29 is 13.5 Å². The number of ether oxygens (including phenoxy) is 1. The van der Waals surface area contributed by atoms with Crippen LogP contribution in [-0.4, -0.2) is 51.9 Å². The molecule has 1 aliphatic carbocycles. The Morgan fingerprint density at radius 3 is 2.67 bits per heavy atom. The summed E-state index contributed by atoms with van der Waals surface area (Å²) >= 11 is 0. The Hall–Kier alpha value is -2.81. The summed E-state index contributed by atoms with van der Waals surface area (Å²) in [5.74, 6) is 1.84. The molecular weight excluding hydrogens is 426 g/mol. The molecule has 1 saturated heterocycles. The van der Waals surface area contributed by atoms with Gasteiger partial charge in [0.15, 0.2) is 5.82 Å². The number of nitrogens with zero attached hydrogens (tertiary/aromatic N) is 5. The Kier molecular flexibility index (Phi) is 6.39. The molecule has 0 spiro atoms. The lowest BCUT2D eigenvalue weighted by Crippen LogP contribution is -2.44. The number of nitrogens with one attached hydrogen (secondary N) is 1. The van der Waals surface area contributed by atoms with Crippen LogP contribution in [0.25, 0.3) is 16.9 Å². The number of alkyl halides is 2. The molecule has 9 heteroatoms. The Morgan fingerprint density at radius 1 is 1.09 bits per heavy atom. The zero-order chi connectivity index (χ0) is 22.8. The van der Waals surface area contributed by atoms with Gasteiger partial charge in [-0.2, -0.15) is 9.97 Å². The van der Waals surface area contributed by atoms with E-state index in [1.165, 1.54) is 36.7 Å². The van der Waals surface area contributed by atoms with Gasteiger partial charge in [-0.3, -0.25) is 4.57 Å². The molecule has 3 heterocycles. The van der Waals surface area contributed by atoms with Crippen LogP contribution in [0.2, 0.25) is 0 Å². The van der Waals surface area contributed by atoms with E-state index in [-0.39, 0.29) is 11.9 Å². The zero-order valence-corrected chi connectivity index (χ0v) is 18.9. The summed E-state index contributed by atoms with van der Waals surface area (Å²) in [4.78, 5) is 15.8. The van der Waals surface area contributed by atoms with E-state index < -0.39 is 6.43 Å². The van der Waals surface area contributed by atoms with Crippen LogP contribution in [0, 0.1) is 5.92 Å². The molecule has 0 bridgehead atoms. The molecule has 3 aromatic rings. The minimum atomic E-state index is -2.73. The Labute approximate surface area is 192 Å². The number of benzene rings is 1. The minimum Gasteiger partial charge on any atom is -0.377 e. The molecule has 2 fully saturated rings. The average Bonchev–Trinajstić information content (AvgIpc) is 3.24. The molecule has 2 aromatic heterocycles. The summed E-state index contributed by atoms with van der Waals surface area (Å²) in [5.41, 5.74) is 1.12. The molecule has 5 rings (SSSR count). The number of hydrogen-bond acceptors (Lipinski definition) is 6. The van der Waals surface area contributed by atoms with Gasteiger partial charge in [0, 0.05) is 19.2 Å². The first-order valence-electron chi connectivity index (χ1n) is 11.8. The average molecular weight is 457 g/mol. The maximum Gasteiger partial charge on any atom is 0.296 e. The second kappa shape index (κ2) is 9.59. The number of hydrogen-bond donors (Lipinski definition) is 1. The van der Waals surface area contributed by atoms with Gasteiger partial charge in [-0.05, 0) is 37.8 Å². The zero-order valence-electron chi connectivity index (χ0n) is 18.9. The second-order valence-corrected chi connectivity index (χ2v) is 9.01. The van der Waals surface area contributed by atoms with Crippen LogP contribution >= 0.6 is 0 Å². The molecule has 0 amide bonds. The van der Waals surface area contributed by atoms with Gasteiger partial charge in [-0.25, -0.2) is 13.8 Å². The van der Waals surface area contributed by atoms with Crippen LogP contribution in [0.3, 0.4) is 0 Å². The van der Waals surface area contributed by atoms with Gasteiger partial charge in [-0.15, -0.1) is 0 Å². The fourth-order valence-corrected chi connectivity index (χ4v) is 4.89. The first-order valence-corrected chi connectivity index (χ1v) is 11.8. The fraction of sp³-hybridized carbons (Fsp3) is 0.542. The highest BCUT2D eigenvalue weighted by atomic mass is 19.3. The van der Waals surface area contributed by atoms with Gasteiger partial charge in [-0.1, -0.05) is 31.4 Å². The minimum absolute atomic E-state index is 0.127. The highest BCUT2D eigenvalue weighted by Crippen LogP contribution is 2.30. The summed E-state index contributed by atoms with van der Waals surface area (Å²) < 4.78 is 35.0. The van der Waals surface area contributed by atoms with Crippen molar-refractivity contribution in [1.82, 2.24) is 19.5 Å². The molecule has 0 radical (unpaired) electrons. The number of aromatic nitrogens is 4. The Morgan fingerprint density at radius 2 is 1.88 bits per heavy atom. The fourth-order valence-electron chi connectivity index (χ4n) is 4.89. The molecular formula is C24H30F2N6O. The van der Waals surface area contributed by atoms with Gasteiger partial charge in [0.05, 0.1) is 30.3 Å². The molecule has 176 valence electrons. The van der Waals surface area contributed by atoms with Crippen molar-refractivity contribution in [3.8, 4) is 5.82 Å². The number of fused-ring (bicyclic) bond motifs is 1. The molecule has 0 unspecified atom stereocenters. The number of halogens is 2. The Balaban J connectivity index is 1.57. The molecule has 1 atom stereocenters. The third kappa shape index (κ3) is 4.64. The molecule has 7 nitrogen and oxygen atoms in total. The number of rotatable bonds is 6. The highest BCUT2D eigenvalue weighted by Gasteiger charge is 2.25. The van der Waals surface area contributed by atoms with Crippen molar-refractivity contribution in [2.75, 3.05) is 36.5 Å². The number of imidazole rings is 1. The summed E-state index contributed by atoms with van der Waals surface area (Å²) in [7, 11) is 0. The van der Waals surface area contributed by atoms with E-state index in [2.05, 4.69) is 27.1 Å². The first-order chi connectivity index (χ1) is 16.1. The SMILES string of the molecule is C[C@H]1COCCN1c1cc(-n2c(C(F)F)nc3ccccc32)nc(NCC2CCCCC2)n1. The third-order valence-electron chi connectivity index (χ3n) is 6.65. The number of morpholine rings is 1. The van der Waals surface area contributed by atoms with Crippen LogP contribution in [0.5, 0.6) is 0 Å². The Bertz CT molecular complexity index is 1100. The standard InChI is InChI=1S/C24H30F2N6O/c1-16-15-33-12-11-31(16)20-13-21(30-24(29-20)27-14-17-7-3-2-4-8-17)32-19-10-6-5-9-18(19)28-23(32)22(25)26/h5-6,9-10,13,16-17,22H,2-4,7-8,11-12,14-15H2,1H3,(H,27,29,30)/t16-/m0/s1. The quantitative estimate of drug-likeness (QED) is 0.565. The van der Waals surface area contributed by atoms with Crippen molar-refractivity contribution in [1.29, 1.82) is 0 Å². The lowest BCUT2D eigenvalue weighted by molar-refractivity contribution is 0.0985.